The van der Waals surface area contributed by atoms with Crippen LogP contribution in [-0.2, 0) is 10.6 Å². The highest BCUT2D eigenvalue weighted by atomic mass is 16.7. The summed E-state index contributed by atoms with van der Waals surface area (Å²) in [6.45, 7) is 3.89. The van der Waals surface area contributed by atoms with Crippen molar-refractivity contribution in [1.29, 1.82) is 0 Å². The van der Waals surface area contributed by atoms with E-state index in [-0.39, 0.29) is 0 Å². The van der Waals surface area contributed by atoms with Gasteiger partial charge in [0.15, 0.2) is 0 Å². The van der Waals surface area contributed by atoms with Crippen molar-refractivity contribution in [3.05, 3.63) is 71.8 Å². The molecule has 102 valence electrons. The molecule has 2 aromatic carbocycles. The van der Waals surface area contributed by atoms with E-state index < -0.39 is 11.2 Å². The molecule has 0 spiro atoms. The van der Waals surface area contributed by atoms with E-state index in [0.29, 0.717) is 5.56 Å². The van der Waals surface area contributed by atoms with Gasteiger partial charge in [-0.25, -0.2) is 0 Å². The zero-order valence-corrected chi connectivity index (χ0v) is 11.6. The molecule has 1 aliphatic rings. The standard InChI is InChI=1S/C17H17NO2/c1-16(2)15(13-9-5-3-6-10-13)18-20-17(16,19)14-11-7-4-8-12-14/h3-12,19H,1-2H3/t17-/m0/s1. The minimum Gasteiger partial charge on any atom is -0.354 e. The molecule has 0 saturated heterocycles. The quantitative estimate of drug-likeness (QED) is 0.907. The first kappa shape index (κ1) is 12.9. The fourth-order valence-corrected chi connectivity index (χ4v) is 2.59. The van der Waals surface area contributed by atoms with Gasteiger partial charge >= 0.3 is 0 Å². The molecule has 0 aliphatic carbocycles. The fourth-order valence-electron chi connectivity index (χ4n) is 2.59. The van der Waals surface area contributed by atoms with Crippen LogP contribution in [0.1, 0.15) is 25.0 Å². The predicted molar refractivity (Wildman–Crippen MR) is 78.2 cm³/mol. The Bertz CT molecular complexity index is 635. The molecule has 3 nitrogen and oxygen atoms in total. The molecular formula is C17H17NO2. The van der Waals surface area contributed by atoms with Gasteiger partial charge in [-0.3, -0.25) is 0 Å². The van der Waals surface area contributed by atoms with Crippen molar-refractivity contribution in [2.45, 2.75) is 19.6 Å². The monoisotopic (exact) mass is 267 g/mol. The lowest BCUT2D eigenvalue weighted by atomic mass is 9.74. The van der Waals surface area contributed by atoms with Crippen LogP contribution >= 0.6 is 0 Å². The number of rotatable bonds is 2. The lowest BCUT2D eigenvalue weighted by molar-refractivity contribution is -0.239. The average molecular weight is 267 g/mol. The topological polar surface area (TPSA) is 41.8 Å². The number of nitrogens with zero attached hydrogens (tertiary/aromatic N) is 1. The third-order valence-electron chi connectivity index (χ3n) is 3.92. The first-order chi connectivity index (χ1) is 9.56. The summed E-state index contributed by atoms with van der Waals surface area (Å²) in [7, 11) is 0. The van der Waals surface area contributed by atoms with Crippen LogP contribution in [0, 0.1) is 5.41 Å². The van der Waals surface area contributed by atoms with Crippen LogP contribution in [0.4, 0.5) is 0 Å². The Hall–Kier alpha value is -2.13. The number of oxime groups is 1. The largest absolute Gasteiger partial charge is 0.354 e. The molecule has 0 aromatic heterocycles. The van der Waals surface area contributed by atoms with Crippen molar-refractivity contribution in [3.8, 4) is 0 Å². The molecular weight excluding hydrogens is 250 g/mol. The average Bonchev–Trinajstić information content (AvgIpc) is 2.72. The van der Waals surface area contributed by atoms with Crippen LogP contribution in [-0.4, -0.2) is 10.8 Å². The normalized spacial score (nSPS) is 24.1. The van der Waals surface area contributed by atoms with Crippen LogP contribution in [0.25, 0.3) is 0 Å². The molecule has 1 heterocycles. The second-order valence-electron chi connectivity index (χ2n) is 5.53. The van der Waals surface area contributed by atoms with Crippen LogP contribution in [0.3, 0.4) is 0 Å². The Kier molecular flexibility index (Phi) is 2.87. The van der Waals surface area contributed by atoms with E-state index >= 15 is 0 Å². The molecule has 1 N–H and O–H groups in total. The number of hydrogen-bond acceptors (Lipinski definition) is 3. The van der Waals surface area contributed by atoms with E-state index in [1.807, 2.05) is 74.5 Å². The van der Waals surface area contributed by atoms with E-state index in [0.717, 1.165) is 11.3 Å². The molecule has 0 radical (unpaired) electrons. The van der Waals surface area contributed by atoms with Gasteiger partial charge in [-0.05, 0) is 13.8 Å². The Balaban J connectivity index is 2.04. The summed E-state index contributed by atoms with van der Waals surface area (Å²) in [5.41, 5.74) is 1.78. The third-order valence-corrected chi connectivity index (χ3v) is 3.92. The van der Waals surface area contributed by atoms with Gasteiger partial charge in [0, 0.05) is 11.1 Å². The van der Waals surface area contributed by atoms with E-state index in [9.17, 15) is 5.11 Å². The summed E-state index contributed by atoms with van der Waals surface area (Å²) in [5.74, 6) is -1.45. The summed E-state index contributed by atoms with van der Waals surface area (Å²) < 4.78 is 0. The lowest BCUT2D eigenvalue weighted by Crippen LogP contribution is -2.43. The highest BCUT2D eigenvalue weighted by molar-refractivity contribution is 6.05. The summed E-state index contributed by atoms with van der Waals surface area (Å²) in [6, 6.07) is 19.2. The van der Waals surface area contributed by atoms with Crippen molar-refractivity contribution < 1.29 is 9.94 Å². The number of aliphatic hydroxyl groups is 1. The molecule has 0 unspecified atom stereocenters. The second kappa shape index (κ2) is 4.46. The summed E-state index contributed by atoms with van der Waals surface area (Å²) in [4.78, 5) is 5.45. The maximum absolute atomic E-state index is 11.0. The van der Waals surface area contributed by atoms with E-state index in [2.05, 4.69) is 5.16 Å². The molecule has 3 rings (SSSR count). The third kappa shape index (κ3) is 1.74. The van der Waals surface area contributed by atoms with Crippen LogP contribution in [0.15, 0.2) is 65.8 Å². The first-order valence-corrected chi connectivity index (χ1v) is 6.66. The molecule has 3 heteroatoms. The van der Waals surface area contributed by atoms with Crippen LogP contribution < -0.4 is 0 Å². The predicted octanol–water partition coefficient (Wildman–Crippen LogP) is 3.29. The highest BCUT2D eigenvalue weighted by Crippen LogP contribution is 2.47. The summed E-state index contributed by atoms with van der Waals surface area (Å²) >= 11 is 0. The highest BCUT2D eigenvalue weighted by Gasteiger charge is 2.56. The molecule has 0 fully saturated rings. The van der Waals surface area contributed by atoms with Crippen LogP contribution in [0.2, 0.25) is 0 Å². The van der Waals surface area contributed by atoms with Crippen molar-refractivity contribution in [2.24, 2.45) is 10.6 Å². The molecule has 0 saturated carbocycles. The minimum absolute atomic E-state index is 0.643. The van der Waals surface area contributed by atoms with Crippen LogP contribution in [0.5, 0.6) is 0 Å². The summed E-state index contributed by atoms with van der Waals surface area (Å²) in [5, 5.41) is 15.1. The van der Waals surface area contributed by atoms with Gasteiger partial charge in [0.2, 0.25) is 0 Å². The summed E-state index contributed by atoms with van der Waals surface area (Å²) in [6.07, 6.45) is 0. The lowest BCUT2D eigenvalue weighted by Gasteiger charge is -2.34. The van der Waals surface area contributed by atoms with Crippen molar-refractivity contribution in [2.75, 3.05) is 0 Å². The van der Waals surface area contributed by atoms with E-state index in [4.69, 9.17) is 4.84 Å². The molecule has 20 heavy (non-hydrogen) atoms. The maximum Gasteiger partial charge on any atom is 0.271 e. The maximum atomic E-state index is 11.0. The number of benzene rings is 2. The fraction of sp³-hybridized carbons (Fsp3) is 0.235. The van der Waals surface area contributed by atoms with Gasteiger partial charge in [-0.15, -0.1) is 0 Å². The van der Waals surface area contributed by atoms with Gasteiger partial charge in [-0.2, -0.15) is 0 Å². The van der Waals surface area contributed by atoms with Gasteiger partial charge in [0.05, 0.1) is 11.1 Å². The van der Waals surface area contributed by atoms with E-state index in [1.54, 1.807) is 0 Å². The van der Waals surface area contributed by atoms with Crippen molar-refractivity contribution in [1.82, 2.24) is 0 Å². The van der Waals surface area contributed by atoms with Gasteiger partial charge in [0.25, 0.3) is 5.79 Å². The zero-order chi connectivity index (χ0) is 14.2. The molecule has 0 bridgehead atoms. The van der Waals surface area contributed by atoms with Gasteiger partial charge < -0.3 is 9.94 Å². The van der Waals surface area contributed by atoms with E-state index in [1.165, 1.54) is 0 Å². The first-order valence-electron chi connectivity index (χ1n) is 6.66. The molecule has 1 aliphatic heterocycles. The SMILES string of the molecule is CC1(C)C(c2ccccc2)=NO[C@@]1(O)c1ccccc1. The Morgan fingerprint density at radius 3 is 2.05 bits per heavy atom. The molecule has 2 aromatic rings. The van der Waals surface area contributed by atoms with Gasteiger partial charge in [0.1, 0.15) is 0 Å². The van der Waals surface area contributed by atoms with Crippen molar-refractivity contribution in [3.63, 3.8) is 0 Å². The Morgan fingerprint density at radius 1 is 0.900 bits per heavy atom. The number of hydrogen-bond donors (Lipinski definition) is 1. The zero-order valence-electron chi connectivity index (χ0n) is 11.6. The smallest absolute Gasteiger partial charge is 0.271 e. The Morgan fingerprint density at radius 2 is 1.45 bits per heavy atom. The Labute approximate surface area is 118 Å². The minimum atomic E-state index is -1.45. The van der Waals surface area contributed by atoms with Gasteiger partial charge in [-0.1, -0.05) is 65.8 Å². The van der Waals surface area contributed by atoms with Crippen molar-refractivity contribution >= 4 is 5.71 Å². The molecule has 1 atom stereocenters. The molecule has 0 amide bonds. The second-order valence-corrected chi connectivity index (χ2v) is 5.53.